The van der Waals surface area contributed by atoms with Crippen LogP contribution < -0.4 is 5.73 Å². The number of ether oxygens (including phenoxy) is 1. The maximum absolute atomic E-state index is 13.2. The second kappa shape index (κ2) is 7.36. The highest BCUT2D eigenvalue weighted by Crippen LogP contribution is 2.34. The van der Waals surface area contributed by atoms with Gasteiger partial charge in [0.1, 0.15) is 0 Å². The number of nitro groups is 1. The van der Waals surface area contributed by atoms with Crippen LogP contribution in [0.15, 0.2) is 29.2 Å². The molecule has 25 heavy (non-hydrogen) atoms. The molecule has 2 saturated heterocycles. The highest BCUT2D eigenvalue weighted by Gasteiger charge is 2.42. The summed E-state index contributed by atoms with van der Waals surface area (Å²) in [5, 5.41) is 11.3. The number of para-hydroxylation sites is 1. The third-order valence-electron chi connectivity index (χ3n) is 4.93. The highest BCUT2D eigenvalue weighted by molar-refractivity contribution is 7.89. The molecule has 138 valence electrons. The topological polar surface area (TPSA) is 116 Å². The van der Waals surface area contributed by atoms with Gasteiger partial charge in [0.2, 0.25) is 10.0 Å². The second-order valence-electron chi connectivity index (χ2n) is 6.60. The molecule has 2 N–H and O–H groups in total. The summed E-state index contributed by atoms with van der Waals surface area (Å²) in [6.07, 6.45) is 3.42. The van der Waals surface area contributed by atoms with Crippen LogP contribution in [0.2, 0.25) is 0 Å². The Balaban J connectivity index is 1.95. The first-order valence-corrected chi connectivity index (χ1v) is 9.97. The minimum Gasteiger partial charge on any atom is -0.376 e. The molecule has 8 nitrogen and oxygen atoms in total. The summed E-state index contributed by atoms with van der Waals surface area (Å²) in [5.74, 6) is 0. The van der Waals surface area contributed by atoms with Crippen molar-refractivity contribution in [3.05, 3.63) is 34.4 Å². The van der Waals surface area contributed by atoms with E-state index in [9.17, 15) is 18.5 Å². The molecule has 0 bridgehead atoms. The molecular formula is C16H23N3O5S. The van der Waals surface area contributed by atoms with Gasteiger partial charge in [-0.15, -0.1) is 0 Å². The molecular weight excluding hydrogens is 346 g/mol. The van der Waals surface area contributed by atoms with E-state index in [-0.39, 0.29) is 23.1 Å². The minimum atomic E-state index is -3.98. The number of hydrogen-bond donors (Lipinski definition) is 1. The first-order chi connectivity index (χ1) is 11.9. The molecule has 3 atom stereocenters. The van der Waals surface area contributed by atoms with E-state index in [4.69, 9.17) is 10.5 Å². The lowest BCUT2D eigenvalue weighted by Gasteiger charge is -2.41. The Labute approximate surface area is 147 Å². The maximum atomic E-state index is 13.2. The van der Waals surface area contributed by atoms with Gasteiger partial charge in [-0.25, -0.2) is 8.42 Å². The zero-order valence-electron chi connectivity index (χ0n) is 13.9. The third-order valence-corrected chi connectivity index (χ3v) is 6.90. The summed E-state index contributed by atoms with van der Waals surface area (Å²) in [7, 11) is -3.98. The molecule has 2 aliphatic heterocycles. The molecule has 2 heterocycles. The van der Waals surface area contributed by atoms with Gasteiger partial charge < -0.3 is 10.5 Å². The predicted octanol–water partition coefficient (Wildman–Crippen LogP) is 1.64. The number of sulfonamides is 1. The van der Waals surface area contributed by atoms with Crippen LogP contribution in [0.3, 0.4) is 0 Å². The van der Waals surface area contributed by atoms with Crippen LogP contribution in [0.25, 0.3) is 0 Å². The van der Waals surface area contributed by atoms with E-state index in [1.807, 2.05) is 0 Å². The van der Waals surface area contributed by atoms with Crippen LogP contribution in [-0.2, 0) is 14.8 Å². The molecule has 0 radical (unpaired) electrons. The van der Waals surface area contributed by atoms with Crippen molar-refractivity contribution in [2.45, 2.75) is 55.2 Å². The van der Waals surface area contributed by atoms with Gasteiger partial charge in [0.25, 0.3) is 5.69 Å². The lowest BCUT2D eigenvalue weighted by Crippen LogP contribution is -2.53. The number of benzene rings is 1. The van der Waals surface area contributed by atoms with Crippen LogP contribution in [0.5, 0.6) is 0 Å². The summed E-state index contributed by atoms with van der Waals surface area (Å²) in [4.78, 5) is 10.3. The lowest BCUT2D eigenvalue weighted by atomic mass is 9.93. The number of nitrogens with two attached hydrogens (primary N) is 1. The van der Waals surface area contributed by atoms with Crippen molar-refractivity contribution in [2.24, 2.45) is 5.73 Å². The lowest BCUT2D eigenvalue weighted by molar-refractivity contribution is -0.387. The van der Waals surface area contributed by atoms with Gasteiger partial charge >= 0.3 is 0 Å². The highest BCUT2D eigenvalue weighted by atomic mass is 32.2. The number of piperidine rings is 1. The van der Waals surface area contributed by atoms with Crippen LogP contribution in [0.4, 0.5) is 5.69 Å². The normalized spacial score (nSPS) is 28.6. The van der Waals surface area contributed by atoms with Crippen molar-refractivity contribution in [3.8, 4) is 0 Å². The number of hydrogen-bond acceptors (Lipinski definition) is 6. The molecule has 0 amide bonds. The molecule has 9 heteroatoms. The Morgan fingerprint density at radius 2 is 2.00 bits per heavy atom. The molecule has 1 aromatic rings. The van der Waals surface area contributed by atoms with Crippen molar-refractivity contribution in [1.29, 1.82) is 0 Å². The Hall–Kier alpha value is -1.55. The molecule has 0 spiro atoms. The number of nitrogens with zero attached hydrogens (tertiary/aromatic N) is 2. The first-order valence-electron chi connectivity index (χ1n) is 8.53. The molecule has 1 aromatic carbocycles. The van der Waals surface area contributed by atoms with Crippen molar-refractivity contribution in [3.63, 3.8) is 0 Å². The summed E-state index contributed by atoms with van der Waals surface area (Å²) in [6, 6.07) is 5.16. The standard InChI is InChI=1S/C16H23N3O5S/c17-12-8-10-24-15(11-12)13-5-3-4-9-18(13)25(22,23)16-7-2-1-6-14(16)19(20)21/h1-2,6-7,12-13,15H,3-5,8-11,17H2. The van der Waals surface area contributed by atoms with Gasteiger partial charge in [0, 0.05) is 25.3 Å². The molecule has 0 aromatic heterocycles. The second-order valence-corrected chi connectivity index (χ2v) is 8.46. The number of nitro benzene ring substituents is 1. The Morgan fingerprint density at radius 1 is 1.24 bits per heavy atom. The summed E-state index contributed by atoms with van der Waals surface area (Å²) >= 11 is 0. The van der Waals surface area contributed by atoms with E-state index in [1.54, 1.807) is 0 Å². The zero-order valence-corrected chi connectivity index (χ0v) is 14.7. The predicted molar refractivity (Wildman–Crippen MR) is 91.6 cm³/mol. The van der Waals surface area contributed by atoms with Crippen molar-refractivity contribution in [1.82, 2.24) is 4.31 Å². The zero-order chi connectivity index (χ0) is 18.0. The van der Waals surface area contributed by atoms with Gasteiger partial charge in [-0.05, 0) is 31.7 Å². The van der Waals surface area contributed by atoms with Crippen LogP contribution >= 0.6 is 0 Å². The monoisotopic (exact) mass is 369 g/mol. The quantitative estimate of drug-likeness (QED) is 0.637. The molecule has 2 fully saturated rings. The molecule has 3 unspecified atom stereocenters. The minimum absolute atomic E-state index is 0.00343. The summed E-state index contributed by atoms with van der Waals surface area (Å²) < 4.78 is 33.6. The molecule has 0 aliphatic carbocycles. The summed E-state index contributed by atoms with van der Waals surface area (Å²) in [6.45, 7) is 0.857. The largest absolute Gasteiger partial charge is 0.376 e. The fourth-order valence-electron chi connectivity index (χ4n) is 3.68. The van der Waals surface area contributed by atoms with E-state index < -0.39 is 20.6 Å². The fraction of sp³-hybridized carbons (Fsp3) is 0.625. The van der Waals surface area contributed by atoms with Gasteiger partial charge in [-0.2, -0.15) is 4.31 Å². The molecule has 0 saturated carbocycles. The van der Waals surface area contributed by atoms with E-state index >= 15 is 0 Å². The van der Waals surface area contributed by atoms with Gasteiger partial charge in [-0.1, -0.05) is 18.6 Å². The molecule has 3 rings (SSSR count). The van der Waals surface area contributed by atoms with Crippen LogP contribution in [-0.4, -0.2) is 49.0 Å². The average Bonchev–Trinajstić information content (AvgIpc) is 2.61. The van der Waals surface area contributed by atoms with Gasteiger partial charge in [0.05, 0.1) is 17.1 Å². The average molecular weight is 369 g/mol. The van der Waals surface area contributed by atoms with E-state index in [0.29, 0.717) is 26.0 Å². The number of rotatable bonds is 4. The van der Waals surface area contributed by atoms with Crippen LogP contribution in [0, 0.1) is 10.1 Å². The Bertz CT molecular complexity index is 739. The van der Waals surface area contributed by atoms with Gasteiger partial charge in [0.15, 0.2) is 4.90 Å². The maximum Gasteiger partial charge on any atom is 0.289 e. The third kappa shape index (κ3) is 3.69. The Kier molecular flexibility index (Phi) is 5.38. The molecule has 2 aliphatic rings. The summed E-state index contributed by atoms with van der Waals surface area (Å²) in [5.41, 5.74) is 5.63. The van der Waals surface area contributed by atoms with Gasteiger partial charge in [-0.3, -0.25) is 10.1 Å². The van der Waals surface area contributed by atoms with E-state index in [0.717, 1.165) is 19.3 Å². The SMILES string of the molecule is NC1CCOC(C2CCCCN2S(=O)(=O)c2ccccc2[N+](=O)[O-])C1. The van der Waals surface area contributed by atoms with Crippen molar-refractivity contribution < 1.29 is 18.1 Å². The smallest absolute Gasteiger partial charge is 0.289 e. The first kappa shape index (κ1) is 18.2. The van der Waals surface area contributed by atoms with Crippen LogP contribution in [0.1, 0.15) is 32.1 Å². The fourth-order valence-corrected chi connectivity index (χ4v) is 5.55. The van der Waals surface area contributed by atoms with E-state index in [2.05, 4.69) is 0 Å². The van der Waals surface area contributed by atoms with Crippen molar-refractivity contribution in [2.75, 3.05) is 13.2 Å². The Morgan fingerprint density at radius 3 is 2.72 bits per heavy atom. The van der Waals surface area contributed by atoms with Crippen molar-refractivity contribution >= 4 is 15.7 Å². The van der Waals surface area contributed by atoms with E-state index in [1.165, 1.54) is 28.6 Å².